The van der Waals surface area contributed by atoms with Crippen molar-refractivity contribution in [3.05, 3.63) is 33.8 Å². The number of alkyl halides is 2. The molecule has 1 saturated carbocycles. The van der Waals surface area contributed by atoms with E-state index in [2.05, 4.69) is 10.3 Å². The van der Waals surface area contributed by atoms with Crippen molar-refractivity contribution in [3.63, 3.8) is 0 Å². The van der Waals surface area contributed by atoms with Crippen LogP contribution in [0.25, 0.3) is 0 Å². The number of halogens is 5. The van der Waals surface area contributed by atoms with Crippen LogP contribution in [0.2, 0.25) is 10.0 Å². The number of hydrogen-bond acceptors (Lipinski definition) is 1. The van der Waals surface area contributed by atoms with E-state index in [1.54, 1.807) is 18.2 Å². The number of benzene rings is 1. The SMILES string of the molecule is CC(NC(N)=NC1CC(F)(F)C1)c1ccc(Cl)cc1Cl.I. The van der Waals surface area contributed by atoms with Gasteiger partial charge < -0.3 is 11.1 Å². The highest BCUT2D eigenvalue weighted by Crippen LogP contribution is 2.39. The molecule has 1 aromatic carbocycles. The summed E-state index contributed by atoms with van der Waals surface area (Å²) in [6.07, 6.45) is -0.489. The molecule has 1 aliphatic rings. The smallest absolute Gasteiger partial charge is 0.252 e. The average molecular weight is 450 g/mol. The zero-order chi connectivity index (χ0) is 14.9. The van der Waals surface area contributed by atoms with Gasteiger partial charge in [-0.2, -0.15) is 0 Å². The minimum Gasteiger partial charge on any atom is -0.370 e. The molecule has 1 aliphatic carbocycles. The summed E-state index contributed by atoms with van der Waals surface area (Å²) in [5.41, 5.74) is 6.53. The predicted octanol–water partition coefficient (Wildman–Crippen LogP) is 4.37. The van der Waals surface area contributed by atoms with Crippen molar-refractivity contribution in [2.24, 2.45) is 10.7 Å². The molecule has 118 valence electrons. The fraction of sp³-hybridized carbons (Fsp3) is 0.462. The van der Waals surface area contributed by atoms with Crippen LogP contribution < -0.4 is 11.1 Å². The Morgan fingerprint density at radius 1 is 1.43 bits per heavy atom. The quantitative estimate of drug-likeness (QED) is 0.409. The fourth-order valence-electron chi connectivity index (χ4n) is 2.11. The number of nitrogens with zero attached hydrogens (tertiary/aromatic N) is 1. The van der Waals surface area contributed by atoms with Crippen LogP contribution in [0, 0.1) is 0 Å². The van der Waals surface area contributed by atoms with Crippen molar-refractivity contribution in [1.29, 1.82) is 0 Å². The summed E-state index contributed by atoms with van der Waals surface area (Å²) >= 11 is 11.9. The topological polar surface area (TPSA) is 50.4 Å². The Bertz CT molecular complexity index is 532. The Balaban J connectivity index is 0.00000220. The second kappa shape index (κ2) is 7.28. The molecule has 0 radical (unpaired) electrons. The number of guanidine groups is 1. The van der Waals surface area contributed by atoms with Crippen LogP contribution in [0.15, 0.2) is 23.2 Å². The fourth-order valence-corrected chi connectivity index (χ4v) is 2.68. The van der Waals surface area contributed by atoms with Crippen LogP contribution in [-0.4, -0.2) is 17.9 Å². The molecule has 1 unspecified atom stereocenters. The molecule has 1 aromatic rings. The standard InChI is InChI=1S/C13H15Cl2F2N3.HI/c1-7(10-3-2-8(14)4-11(10)15)19-12(18)20-9-5-13(16,17)6-9;/h2-4,7,9H,5-6H2,1H3,(H3,18,19,20);1H. The van der Waals surface area contributed by atoms with Gasteiger partial charge in [0.05, 0.1) is 12.1 Å². The van der Waals surface area contributed by atoms with E-state index in [4.69, 9.17) is 28.9 Å². The van der Waals surface area contributed by atoms with Crippen molar-refractivity contribution in [2.45, 2.75) is 37.8 Å². The molecular weight excluding hydrogens is 434 g/mol. The first-order chi connectivity index (χ1) is 9.27. The van der Waals surface area contributed by atoms with E-state index in [1.807, 2.05) is 6.92 Å². The summed E-state index contributed by atoms with van der Waals surface area (Å²) in [6, 6.07) is 4.54. The van der Waals surface area contributed by atoms with Gasteiger partial charge in [0.2, 0.25) is 0 Å². The molecule has 21 heavy (non-hydrogen) atoms. The molecule has 3 nitrogen and oxygen atoms in total. The lowest BCUT2D eigenvalue weighted by molar-refractivity contribution is -0.0834. The minimum atomic E-state index is -2.60. The van der Waals surface area contributed by atoms with Gasteiger partial charge in [0.25, 0.3) is 5.92 Å². The van der Waals surface area contributed by atoms with Gasteiger partial charge in [-0.3, -0.25) is 0 Å². The summed E-state index contributed by atoms with van der Waals surface area (Å²) in [5.74, 6) is -2.46. The van der Waals surface area contributed by atoms with Gasteiger partial charge in [-0.05, 0) is 24.6 Å². The first-order valence-electron chi connectivity index (χ1n) is 6.19. The van der Waals surface area contributed by atoms with E-state index in [9.17, 15) is 8.78 Å². The third-order valence-corrected chi connectivity index (χ3v) is 3.75. The largest absolute Gasteiger partial charge is 0.370 e. The second-order valence-corrected chi connectivity index (χ2v) is 5.81. The summed E-state index contributed by atoms with van der Waals surface area (Å²) in [7, 11) is 0. The van der Waals surface area contributed by atoms with Crippen molar-refractivity contribution >= 4 is 53.1 Å². The van der Waals surface area contributed by atoms with Crippen molar-refractivity contribution in [2.75, 3.05) is 0 Å². The predicted molar refractivity (Wildman–Crippen MR) is 93.0 cm³/mol. The maximum Gasteiger partial charge on any atom is 0.252 e. The molecule has 0 aliphatic heterocycles. The molecule has 0 saturated heterocycles. The first kappa shape index (κ1) is 18.7. The highest BCUT2D eigenvalue weighted by Gasteiger charge is 2.45. The lowest BCUT2D eigenvalue weighted by Crippen LogP contribution is -2.42. The zero-order valence-electron chi connectivity index (χ0n) is 11.2. The Kier molecular flexibility index (Phi) is 6.49. The van der Waals surface area contributed by atoms with Crippen LogP contribution in [0.1, 0.15) is 31.4 Å². The highest BCUT2D eigenvalue weighted by atomic mass is 127. The van der Waals surface area contributed by atoms with E-state index >= 15 is 0 Å². The van der Waals surface area contributed by atoms with E-state index in [0.717, 1.165) is 5.56 Å². The van der Waals surface area contributed by atoms with Crippen molar-refractivity contribution < 1.29 is 8.78 Å². The third kappa shape index (κ3) is 5.10. The average Bonchev–Trinajstić information content (AvgIpc) is 2.25. The number of hydrogen-bond donors (Lipinski definition) is 2. The first-order valence-corrected chi connectivity index (χ1v) is 6.95. The van der Waals surface area contributed by atoms with Gasteiger partial charge >= 0.3 is 0 Å². The monoisotopic (exact) mass is 449 g/mol. The van der Waals surface area contributed by atoms with Gasteiger partial charge in [0, 0.05) is 22.9 Å². The van der Waals surface area contributed by atoms with E-state index in [-0.39, 0.29) is 48.8 Å². The van der Waals surface area contributed by atoms with Gasteiger partial charge in [0.15, 0.2) is 5.96 Å². The number of aliphatic imine (C=N–C) groups is 1. The summed E-state index contributed by atoms with van der Waals surface area (Å²) < 4.78 is 25.4. The molecular formula is C13H16Cl2F2IN3. The Morgan fingerprint density at radius 3 is 2.57 bits per heavy atom. The molecule has 0 bridgehead atoms. The summed E-state index contributed by atoms with van der Waals surface area (Å²) in [5, 5.41) is 4.00. The van der Waals surface area contributed by atoms with Crippen LogP contribution in [0.3, 0.4) is 0 Å². The van der Waals surface area contributed by atoms with Crippen LogP contribution in [0.5, 0.6) is 0 Å². The summed E-state index contributed by atoms with van der Waals surface area (Å²) in [6.45, 7) is 1.85. The molecule has 0 heterocycles. The van der Waals surface area contributed by atoms with Gasteiger partial charge in [0.1, 0.15) is 0 Å². The van der Waals surface area contributed by atoms with Crippen molar-refractivity contribution in [3.8, 4) is 0 Å². The summed E-state index contributed by atoms with van der Waals surface area (Å²) in [4.78, 5) is 4.02. The van der Waals surface area contributed by atoms with E-state index < -0.39 is 12.0 Å². The molecule has 1 atom stereocenters. The maximum absolute atomic E-state index is 12.7. The van der Waals surface area contributed by atoms with Crippen LogP contribution in [0.4, 0.5) is 8.78 Å². The lowest BCUT2D eigenvalue weighted by atomic mass is 9.89. The van der Waals surface area contributed by atoms with Gasteiger partial charge in [-0.1, -0.05) is 29.3 Å². The van der Waals surface area contributed by atoms with Crippen LogP contribution >= 0.6 is 47.2 Å². The second-order valence-electron chi connectivity index (χ2n) is 4.96. The number of rotatable bonds is 3. The van der Waals surface area contributed by atoms with E-state index in [0.29, 0.717) is 10.0 Å². The molecule has 8 heteroatoms. The normalized spacial score (nSPS) is 19.4. The van der Waals surface area contributed by atoms with Gasteiger partial charge in [-0.25, -0.2) is 13.8 Å². The Morgan fingerprint density at radius 2 is 2.05 bits per heavy atom. The van der Waals surface area contributed by atoms with E-state index in [1.165, 1.54) is 0 Å². The molecule has 0 amide bonds. The van der Waals surface area contributed by atoms with Crippen LogP contribution in [-0.2, 0) is 0 Å². The van der Waals surface area contributed by atoms with Gasteiger partial charge in [-0.15, -0.1) is 24.0 Å². The van der Waals surface area contributed by atoms with Crippen molar-refractivity contribution in [1.82, 2.24) is 5.32 Å². The minimum absolute atomic E-state index is 0. The number of nitrogens with two attached hydrogens (primary N) is 1. The Labute approximate surface area is 149 Å². The third-order valence-electron chi connectivity index (χ3n) is 3.18. The highest BCUT2D eigenvalue weighted by molar-refractivity contribution is 14.0. The molecule has 2 rings (SSSR count). The molecule has 3 N–H and O–H groups in total. The zero-order valence-corrected chi connectivity index (χ0v) is 15.1. The Hall–Kier alpha value is -0.340. The maximum atomic E-state index is 12.7. The molecule has 0 spiro atoms. The molecule has 0 aromatic heterocycles. The number of nitrogens with one attached hydrogen (secondary N) is 1. The lowest BCUT2D eigenvalue weighted by Gasteiger charge is -2.32. The molecule has 1 fully saturated rings.